The molecule has 0 radical (unpaired) electrons. The molecule has 0 aromatic heterocycles. The monoisotopic (exact) mass is 565 g/mol. The van der Waals surface area contributed by atoms with E-state index in [1.165, 1.54) is 0 Å². The fraction of sp³-hybridized carbons (Fsp3) is 0.559. The van der Waals surface area contributed by atoms with Crippen LogP contribution < -0.4 is 10.6 Å². The Hall–Kier alpha value is -3.35. The van der Waals surface area contributed by atoms with Crippen molar-refractivity contribution in [2.45, 2.75) is 118 Å². The van der Waals surface area contributed by atoms with E-state index in [-0.39, 0.29) is 24.3 Å². The summed E-state index contributed by atoms with van der Waals surface area (Å²) in [5, 5.41) is 5.88. The summed E-state index contributed by atoms with van der Waals surface area (Å²) in [6.45, 7) is 15.7. The summed E-state index contributed by atoms with van der Waals surface area (Å²) in [5.74, 6) is -0.538. The van der Waals surface area contributed by atoms with Crippen molar-refractivity contribution >= 4 is 17.9 Å². The van der Waals surface area contributed by atoms with Gasteiger partial charge < -0.3 is 20.3 Å². The number of amides is 3. The molecule has 3 amide bonds. The summed E-state index contributed by atoms with van der Waals surface area (Å²) >= 11 is 0. The average molecular weight is 566 g/mol. The van der Waals surface area contributed by atoms with Crippen LogP contribution in [0, 0.1) is 13.8 Å². The summed E-state index contributed by atoms with van der Waals surface area (Å²) in [4.78, 5) is 43.0. The summed E-state index contributed by atoms with van der Waals surface area (Å²) in [7, 11) is 0. The molecule has 0 aliphatic rings. The molecule has 2 rings (SSSR count). The van der Waals surface area contributed by atoms with E-state index < -0.39 is 23.8 Å². The van der Waals surface area contributed by atoms with Crippen LogP contribution >= 0.6 is 0 Å². The van der Waals surface area contributed by atoms with Crippen LogP contribution in [0.4, 0.5) is 4.79 Å². The maximum atomic E-state index is 14.5. The first-order valence-corrected chi connectivity index (χ1v) is 15.0. The van der Waals surface area contributed by atoms with Crippen molar-refractivity contribution in [1.29, 1.82) is 0 Å². The maximum Gasteiger partial charge on any atom is 0.408 e. The van der Waals surface area contributed by atoms with Gasteiger partial charge in [-0.05, 0) is 71.6 Å². The van der Waals surface area contributed by atoms with Crippen molar-refractivity contribution in [3.8, 4) is 0 Å². The molecule has 2 N–H and O–H groups in total. The molecule has 0 aliphatic heterocycles. The van der Waals surface area contributed by atoms with E-state index in [0.717, 1.165) is 54.4 Å². The molecule has 0 aliphatic carbocycles. The molecule has 2 aromatic carbocycles. The lowest BCUT2D eigenvalue weighted by molar-refractivity contribution is -0.142. The molecule has 226 valence electrons. The van der Waals surface area contributed by atoms with Crippen molar-refractivity contribution < 1.29 is 19.1 Å². The number of hydrogen-bond donors (Lipinski definition) is 2. The molecule has 0 saturated heterocycles. The minimum absolute atomic E-state index is 0.0998. The number of alkyl carbamates (subject to hydrolysis) is 1. The van der Waals surface area contributed by atoms with E-state index in [1.54, 1.807) is 25.7 Å². The van der Waals surface area contributed by atoms with E-state index in [2.05, 4.69) is 17.6 Å². The highest BCUT2D eigenvalue weighted by atomic mass is 16.6. The Balaban J connectivity index is 2.57. The highest BCUT2D eigenvalue weighted by Gasteiger charge is 2.37. The number of nitrogens with one attached hydrogen (secondary N) is 2. The number of rotatable bonds is 14. The van der Waals surface area contributed by atoms with Crippen LogP contribution in [0.3, 0.4) is 0 Å². The third kappa shape index (κ3) is 11.6. The van der Waals surface area contributed by atoms with Gasteiger partial charge in [-0.25, -0.2) is 4.79 Å². The molecule has 0 fully saturated rings. The molecule has 7 nitrogen and oxygen atoms in total. The number of benzene rings is 2. The Morgan fingerprint density at radius 3 is 2.15 bits per heavy atom. The molecule has 0 spiro atoms. The minimum atomic E-state index is -0.914. The largest absolute Gasteiger partial charge is 0.444 e. The van der Waals surface area contributed by atoms with Gasteiger partial charge in [0.05, 0.1) is 0 Å². The zero-order valence-corrected chi connectivity index (χ0v) is 26.4. The second-order valence-corrected chi connectivity index (χ2v) is 12.3. The quantitative estimate of drug-likeness (QED) is 0.247. The lowest BCUT2D eigenvalue weighted by atomic mass is 9.95. The Bertz CT molecular complexity index is 1120. The van der Waals surface area contributed by atoms with Crippen LogP contribution in [-0.2, 0) is 20.7 Å². The van der Waals surface area contributed by atoms with Gasteiger partial charge in [0.15, 0.2) is 0 Å². The number of ether oxygens (including phenoxy) is 1. The summed E-state index contributed by atoms with van der Waals surface area (Å²) in [5.41, 5.74) is 2.99. The zero-order valence-electron chi connectivity index (χ0n) is 26.4. The SMILES string of the molecule is CCCCCCCN(C(=O)C(Cc1ccccc1)NC(=O)OC(C)(C)C)C(C(=O)NC(C)C)c1ccc(C)cc1C. The highest BCUT2D eigenvalue weighted by molar-refractivity contribution is 5.92. The maximum absolute atomic E-state index is 14.5. The molecule has 7 heteroatoms. The van der Waals surface area contributed by atoms with Crippen LogP contribution in [0.15, 0.2) is 48.5 Å². The van der Waals surface area contributed by atoms with Crippen molar-refractivity contribution in [2.24, 2.45) is 0 Å². The molecule has 41 heavy (non-hydrogen) atoms. The molecule has 0 saturated carbocycles. The van der Waals surface area contributed by atoms with Crippen molar-refractivity contribution in [1.82, 2.24) is 15.5 Å². The summed E-state index contributed by atoms with van der Waals surface area (Å²) < 4.78 is 5.54. The van der Waals surface area contributed by atoms with Crippen molar-refractivity contribution in [3.63, 3.8) is 0 Å². The Morgan fingerprint density at radius 2 is 1.56 bits per heavy atom. The van der Waals surface area contributed by atoms with E-state index >= 15 is 0 Å². The predicted octanol–water partition coefficient (Wildman–Crippen LogP) is 6.80. The van der Waals surface area contributed by atoms with Gasteiger partial charge in [-0.3, -0.25) is 9.59 Å². The highest BCUT2D eigenvalue weighted by Crippen LogP contribution is 2.28. The second-order valence-electron chi connectivity index (χ2n) is 12.3. The molecule has 2 unspecified atom stereocenters. The number of unbranched alkanes of at least 4 members (excludes halogenated alkanes) is 4. The number of nitrogens with zero attached hydrogens (tertiary/aromatic N) is 1. The van der Waals surface area contributed by atoms with E-state index in [0.29, 0.717) is 6.54 Å². The van der Waals surface area contributed by atoms with Gasteiger partial charge in [0.1, 0.15) is 17.7 Å². The molecule has 2 atom stereocenters. The van der Waals surface area contributed by atoms with Crippen LogP contribution in [0.1, 0.15) is 102 Å². The summed E-state index contributed by atoms with van der Waals surface area (Å²) in [6.07, 6.45) is 4.62. The normalized spacial score (nSPS) is 12.9. The molecule has 0 bridgehead atoms. The van der Waals surface area contributed by atoms with Crippen molar-refractivity contribution in [3.05, 3.63) is 70.8 Å². The third-order valence-electron chi connectivity index (χ3n) is 6.77. The fourth-order valence-corrected chi connectivity index (χ4v) is 4.90. The first-order chi connectivity index (χ1) is 19.3. The van der Waals surface area contributed by atoms with Gasteiger partial charge in [-0.1, -0.05) is 86.7 Å². The van der Waals surface area contributed by atoms with Crippen LogP contribution in [0.25, 0.3) is 0 Å². The van der Waals surface area contributed by atoms with E-state index in [4.69, 9.17) is 4.74 Å². The van der Waals surface area contributed by atoms with E-state index in [1.807, 2.05) is 76.2 Å². The smallest absolute Gasteiger partial charge is 0.408 e. The zero-order chi connectivity index (χ0) is 30.6. The van der Waals surface area contributed by atoms with Gasteiger partial charge >= 0.3 is 6.09 Å². The molecule has 2 aromatic rings. The Morgan fingerprint density at radius 1 is 0.902 bits per heavy atom. The average Bonchev–Trinajstić information content (AvgIpc) is 2.87. The molecular weight excluding hydrogens is 514 g/mol. The Labute approximate surface area is 247 Å². The Kier molecular flexibility index (Phi) is 13.4. The van der Waals surface area contributed by atoms with Crippen LogP contribution in [0.5, 0.6) is 0 Å². The van der Waals surface area contributed by atoms with Gasteiger partial charge in [0, 0.05) is 19.0 Å². The lowest BCUT2D eigenvalue weighted by Crippen LogP contribution is -2.54. The first-order valence-electron chi connectivity index (χ1n) is 15.0. The van der Waals surface area contributed by atoms with Crippen LogP contribution in [-0.4, -0.2) is 47.0 Å². The topological polar surface area (TPSA) is 87.7 Å². The van der Waals surface area contributed by atoms with E-state index in [9.17, 15) is 14.4 Å². The number of aryl methyl sites for hydroxylation is 2. The fourth-order valence-electron chi connectivity index (χ4n) is 4.90. The molecular formula is C34H51N3O4. The van der Waals surface area contributed by atoms with Crippen molar-refractivity contribution in [2.75, 3.05) is 6.54 Å². The number of hydrogen-bond acceptors (Lipinski definition) is 4. The van der Waals surface area contributed by atoms with Crippen LogP contribution in [0.2, 0.25) is 0 Å². The second kappa shape index (κ2) is 16.2. The third-order valence-corrected chi connectivity index (χ3v) is 6.77. The summed E-state index contributed by atoms with van der Waals surface area (Å²) in [6, 6.07) is 13.7. The standard InChI is InChI=1S/C34H51N3O4/c1-9-10-11-12-16-21-37(30(31(38)35-24(2)3)28-20-19-25(4)22-26(28)5)32(39)29(23-27-17-14-13-15-18-27)36-33(40)41-34(6,7)8/h13-15,17-20,22,24,29-30H,9-12,16,21,23H2,1-8H3,(H,35,38)(H,36,40). The van der Waals surface area contributed by atoms with Gasteiger partial charge in [-0.15, -0.1) is 0 Å². The first kappa shape index (κ1) is 33.9. The number of carbonyl (C=O) groups excluding carboxylic acids is 3. The molecule has 0 heterocycles. The van der Waals surface area contributed by atoms with Gasteiger partial charge in [0.25, 0.3) is 0 Å². The van der Waals surface area contributed by atoms with Gasteiger partial charge in [-0.2, -0.15) is 0 Å². The number of carbonyl (C=O) groups is 3. The minimum Gasteiger partial charge on any atom is -0.444 e. The lowest BCUT2D eigenvalue weighted by Gasteiger charge is -2.35. The van der Waals surface area contributed by atoms with Gasteiger partial charge in [0.2, 0.25) is 11.8 Å². The predicted molar refractivity (Wildman–Crippen MR) is 166 cm³/mol.